The molecular weight excluding hydrogens is 530 g/mol. The third-order valence-corrected chi connectivity index (χ3v) is 7.05. The first-order valence-electron chi connectivity index (χ1n) is 13.4. The Morgan fingerprint density at radius 1 is 1.05 bits per heavy atom. The molecule has 4 rings (SSSR count). The van der Waals surface area contributed by atoms with Crippen molar-refractivity contribution in [3.63, 3.8) is 0 Å². The van der Waals surface area contributed by atoms with E-state index in [2.05, 4.69) is 41.1 Å². The summed E-state index contributed by atoms with van der Waals surface area (Å²) in [6.45, 7) is 11.7. The molecule has 9 heteroatoms. The number of hydrogen-bond acceptors (Lipinski definition) is 7. The Balaban J connectivity index is 1.58. The third-order valence-electron chi connectivity index (χ3n) is 6.73. The molecule has 1 aliphatic heterocycles. The number of esters is 1. The molecule has 0 saturated carbocycles. The van der Waals surface area contributed by atoms with Gasteiger partial charge in [-0.3, -0.25) is 4.98 Å². The van der Waals surface area contributed by atoms with E-state index in [9.17, 15) is 9.59 Å². The summed E-state index contributed by atoms with van der Waals surface area (Å²) in [5.41, 5.74) is 3.56. The van der Waals surface area contributed by atoms with Crippen LogP contribution >= 0.6 is 11.6 Å². The van der Waals surface area contributed by atoms with E-state index in [0.29, 0.717) is 31.1 Å². The van der Waals surface area contributed by atoms with Crippen LogP contribution in [0.2, 0.25) is 5.02 Å². The van der Waals surface area contributed by atoms with Crippen LogP contribution in [0.3, 0.4) is 0 Å². The van der Waals surface area contributed by atoms with Gasteiger partial charge in [-0.15, -0.1) is 0 Å². The van der Waals surface area contributed by atoms with Gasteiger partial charge in [0.05, 0.1) is 18.3 Å². The van der Waals surface area contributed by atoms with Gasteiger partial charge in [-0.25, -0.2) is 9.59 Å². The van der Waals surface area contributed by atoms with Crippen LogP contribution in [0.1, 0.15) is 50.5 Å². The van der Waals surface area contributed by atoms with Gasteiger partial charge in [0.2, 0.25) is 0 Å². The SMILES string of the molecule is CCc1cncc(Oc2cccc(Cl)c2C(=O)OC)c1-c1ccc(N2CCN(C(=O)OC(C)(C)C)[C@@H](C)C2)cc1. The Kier molecular flexibility index (Phi) is 8.88. The Morgan fingerprint density at radius 2 is 1.77 bits per heavy atom. The Bertz CT molecular complexity index is 1370. The van der Waals surface area contributed by atoms with Crippen molar-refractivity contribution in [3.05, 3.63) is 71.0 Å². The number of aryl methyl sites for hydroxylation is 1. The molecule has 0 N–H and O–H groups in total. The molecule has 212 valence electrons. The number of rotatable bonds is 6. The van der Waals surface area contributed by atoms with E-state index in [4.69, 9.17) is 25.8 Å². The lowest BCUT2D eigenvalue weighted by molar-refractivity contribution is 0.0159. The molecule has 1 aliphatic rings. The van der Waals surface area contributed by atoms with Crippen molar-refractivity contribution in [3.8, 4) is 22.6 Å². The highest BCUT2D eigenvalue weighted by molar-refractivity contribution is 6.34. The maximum absolute atomic E-state index is 12.6. The number of nitrogens with zero attached hydrogens (tertiary/aromatic N) is 3. The van der Waals surface area contributed by atoms with Crippen LogP contribution in [-0.2, 0) is 15.9 Å². The zero-order chi connectivity index (χ0) is 29.0. The van der Waals surface area contributed by atoms with Crippen LogP contribution in [0.25, 0.3) is 11.1 Å². The Hall–Kier alpha value is -3.78. The topological polar surface area (TPSA) is 81.2 Å². The summed E-state index contributed by atoms with van der Waals surface area (Å²) in [5.74, 6) is 0.232. The maximum Gasteiger partial charge on any atom is 0.410 e. The highest BCUT2D eigenvalue weighted by atomic mass is 35.5. The molecule has 3 aromatic rings. The standard InChI is InChI=1S/C31H36ClN3O5/c1-7-21-17-33-18-26(39-25-10-8-9-24(32)28(25)29(36)38-6)27(21)22-11-13-23(14-12-22)34-15-16-35(20(2)19-34)30(37)40-31(3,4)5/h8-14,17-18,20H,7,15-16,19H2,1-6H3/t20-/m0/s1. The number of benzene rings is 2. The summed E-state index contributed by atoms with van der Waals surface area (Å²) in [6, 6.07) is 13.3. The fourth-order valence-electron chi connectivity index (χ4n) is 4.79. The highest BCUT2D eigenvalue weighted by Gasteiger charge is 2.31. The van der Waals surface area contributed by atoms with E-state index >= 15 is 0 Å². The first-order chi connectivity index (χ1) is 19.0. The number of anilines is 1. The van der Waals surface area contributed by atoms with Crippen LogP contribution in [0.4, 0.5) is 10.5 Å². The first-order valence-corrected chi connectivity index (χ1v) is 13.8. The van der Waals surface area contributed by atoms with E-state index in [1.54, 1.807) is 29.3 Å². The quantitative estimate of drug-likeness (QED) is 0.298. The smallest absolute Gasteiger partial charge is 0.410 e. The molecule has 1 aromatic heterocycles. The summed E-state index contributed by atoms with van der Waals surface area (Å²) in [5, 5.41) is 0.246. The molecule has 0 spiro atoms. The van der Waals surface area contributed by atoms with Gasteiger partial charge in [0.15, 0.2) is 5.75 Å². The first kappa shape index (κ1) is 29.2. The van der Waals surface area contributed by atoms with Crippen LogP contribution in [0, 0.1) is 0 Å². The number of ether oxygens (including phenoxy) is 3. The monoisotopic (exact) mass is 565 g/mol. The van der Waals surface area contributed by atoms with E-state index in [1.165, 1.54) is 7.11 Å². The van der Waals surface area contributed by atoms with Crippen molar-refractivity contribution in [2.75, 3.05) is 31.6 Å². The fourth-order valence-corrected chi connectivity index (χ4v) is 5.03. The molecule has 1 saturated heterocycles. The lowest BCUT2D eigenvalue weighted by Gasteiger charge is -2.41. The third kappa shape index (κ3) is 6.50. The second kappa shape index (κ2) is 12.2. The molecule has 40 heavy (non-hydrogen) atoms. The van der Waals surface area contributed by atoms with Gasteiger partial charge in [0.25, 0.3) is 0 Å². The maximum atomic E-state index is 12.6. The number of carbonyl (C=O) groups excluding carboxylic acids is 2. The minimum absolute atomic E-state index is 0.0110. The summed E-state index contributed by atoms with van der Waals surface area (Å²) in [4.78, 5) is 33.5. The van der Waals surface area contributed by atoms with Gasteiger partial charge in [0, 0.05) is 43.1 Å². The highest BCUT2D eigenvalue weighted by Crippen LogP contribution is 2.39. The van der Waals surface area contributed by atoms with Gasteiger partial charge >= 0.3 is 12.1 Å². The summed E-state index contributed by atoms with van der Waals surface area (Å²) >= 11 is 6.31. The second-order valence-corrected chi connectivity index (χ2v) is 11.2. The van der Waals surface area contributed by atoms with Crippen molar-refractivity contribution in [2.45, 2.75) is 52.7 Å². The minimum atomic E-state index is -0.577. The van der Waals surface area contributed by atoms with Gasteiger partial charge in [0.1, 0.15) is 16.9 Å². The number of hydrogen-bond donors (Lipinski definition) is 0. The predicted molar refractivity (Wildman–Crippen MR) is 157 cm³/mol. The summed E-state index contributed by atoms with van der Waals surface area (Å²) in [7, 11) is 1.31. The number of aromatic nitrogens is 1. The van der Waals surface area contributed by atoms with Crippen LogP contribution in [0.15, 0.2) is 54.9 Å². The summed E-state index contributed by atoms with van der Waals surface area (Å²) < 4.78 is 16.8. The van der Waals surface area contributed by atoms with Crippen LogP contribution in [-0.4, -0.2) is 60.3 Å². The molecule has 0 radical (unpaired) electrons. The van der Waals surface area contributed by atoms with Crippen molar-refractivity contribution >= 4 is 29.4 Å². The number of methoxy groups -OCH3 is 1. The average Bonchev–Trinajstić information content (AvgIpc) is 2.91. The van der Waals surface area contributed by atoms with Crippen molar-refractivity contribution in [1.29, 1.82) is 0 Å². The molecule has 1 fully saturated rings. The summed E-state index contributed by atoms with van der Waals surface area (Å²) in [6.07, 6.45) is 3.93. The molecule has 2 heterocycles. The predicted octanol–water partition coefficient (Wildman–Crippen LogP) is 6.99. The van der Waals surface area contributed by atoms with Crippen molar-refractivity contribution < 1.29 is 23.8 Å². The fraction of sp³-hybridized carbons (Fsp3) is 0.387. The lowest BCUT2D eigenvalue weighted by atomic mass is 9.98. The van der Waals surface area contributed by atoms with E-state index < -0.39 is 11.6 Å². The van der Waals surface area contributed by atoms with E-state index in [1.807, 2.05) is 33.9 Å². The Morgan fingerprint density at radius 3 is 2.40 bits per heavy atom. The molecule has 0 bridgehead atoms. The minimum Gasteiger partial charge on any atom is -0.465 e. The molecular formula is C31H36ClN3O5. The van der Waals surface area contributed by atoms with Gasteiger partial charge in [-0.2, -0.15) is 0 Å². The zero-order valence-corrected chi connectivity index (χ0v) is 24.6. The largest absolute Gasteiger partial charge is 0.465 e. The molecule has 0 aliphatic carbocycles. The number of halogens is 1. The van der Waals surface area contributed by atoms with Gasteiger partial charge in [-0.05, 0) is 69.5 Å². The Labute approximate surface area is 240 Å². The normalized spacial score (nSPS) is 15.5. The average molecular weight is 566 g/mol. The van der Waals surface area contributed by atoms with E-state index in [-0.39, 0.29) is 22.7 Å². The van der Waals surface area contributed by atoms with E-state index in [0.717, 1.165) is 28.8 Å². The number of pyridine rings is 1. The number of carbonyl (C=O) groups is 2. The number of amides is 1. The molecule has 2 aromatic carbocycles. The second-order valence-electron chi connectivity index (χ2n) is 10.7. The van der Waals surface area contributed by atoms with Gasteiger partial charge in [-0.1, -0.05) is 36.7 Å². The van der Waals surface area contributed by atoms with Crippen LogP contribution < -0.4 is 9.64 Å². The zero-order valence-electron chi connectivity index (χ0n) is 23.9. The van der Waals surface area contributed by atoms with Crippen molar-refractivity contribution in [1.82, 2.24) is 9.88 Å². The van der Waals surface area contributed by atoms with Crippen molar-refractivity contribution in [2.24, 2.45) is 0 Å². The molecule has 8 nitrogen and oxygen atoms in total. The molecule has 1 amide bonds. The molecule has 0 unspecified atom stereocenters. The number of piperazine rings is 1. The van der Waals surface area contributed by atoms with Gasteiger partial charge < -0.3 is 24.0 Å². The molecule has 1 atom stereocenters. The van der Waals surface area contributed by atoms with Crippen LogP contribution in [0.5, 0.6) is 11.5 Å². The lowest BCUT2D eigenvalue weighted by Crippen LogP contribution is -2.55.